The Kier molecular flexibility index (Phi) is 7.73. The molecule has 0 unspecified atom stereocenters. The summed E-state index contributed by atoms with van der Waals surface area (Å²) in [5.74, 6) is 0.835. The van der Waals surface area contributed by atoms with Gasteiger partial charge in [0, 0.05) is 31.7 Å². The van der Waals surface area contributed by atoms with Gasteiger partial charge in [0.2, 0.25) is 0 Å². The lowest BCUT2D eigenvalue weighted by Gasteiger charge is -2.11. The summed E-state index contributed by atoms with van der Waals surface area (Å²) in [6.07, 6.45) is 4.87. The smallest absolute Gasteiger partial charge is 0.191 e. The van der Waals surface area contributed by atoms with Gasteiger partial charge in [0.05, 0.1) is 12.7 Å². The predicted octanol–water partition coefficient (Wildman–Crippen LogP) is 2.32. The molecule has 2 rings (SSSR count). The molecule has 0 aliphatic carbocycles. The standard InChI is InChI=1S/C14H21N5S.HI/c1-11-5-7-20-13(11)9-17-14(15-2)16-6-4-12-8-18-19(3)10-12;/h5,7-8,10H,4,6,9H2,1-3H3,(H2,15,16,17);1H. The Morgan fingerprint density at radius 1 is 1.43 bits per heavy atom. The van der Waals surface area contributed by atoms with E-state index in [0.717, 1.165) is 25.5 Å². The Labute approximate surface area is 146 Å². The molecule has 2 aromatic heterocycles. The lowest BCUT2D eigenvalue weighted by atomic mass is 10.2. The number of nitrogens with zero attached hydrogens (tertiary/aromatic N) is 3. The van der Waals surface area contributed by atoms with Gasteiger partial charge in [0.1, 0.15) is 0 Å². The number of hydrogen-bond acceptors (Lipinski definition) is 3. The number of nitrogens with one attached hydrogen (secondary N) is 2. The van der Waals surface area contributed by atoms with Crippen molar-refractivity contribution < 1.29 is 0 Å². The molecule has 116 valence electrons. The molecule has 0 aromatic carbocycles. The topological polar surface area (TPSA) is 54.2 Å². The first-order valence-corrected chi connectivity index (χ1v) is 7.52. The molecule has 5 nitrogen and oxygen atoms in total. The second-order valence-corrected chi connectivity index (χ2v) is 5.65. The second kappa shape index (κ2) is 9.04. The van der Waals surface area contributed by atoms with Crippen molar-refractivity contribution in [3.8, 4) is 0 Å². The number of thiophene rings is 1. The van der Waals surface area contributed by atoms with E-state index in [2.05, 4.69) is 39.1 Å². The summed E-state index contributed by atoms with van der Waals surface area (Å²) in [4.78, 5) is 5.58. The molecule has 2 heterocycles. The molecule has 21 heavy (non-hydrogen) atoms. The third kappa shape index (κ3) is 5.66. The van der Waals surface area contributed by atoms with Crippen LogP contribution in [-0.2, 0) is 20.0 Å². The molecular formula is C14H22IN5S. The van der Waals surface area contributed by atoms with E-state index in [9.17, 15) is 0 Å². The van der Waals surface area contributed by atoms with Gasteiger partial charge in [0.25, 0.3) is 0 Å². The average molecular weight is 419 g/mol. The molecule has 2 aromatic rings. The summed E-state index contributed by atoms with van der Waals surface area (Å²) in [6.45, 7) is 3.79. The maximum absolute atomic E-state index is 4.23. The van der Waals surface area contributed by atoms with Crippen molar-refractivity contribution in [1.82, 2.24) is 20.4 Å². The van der Waals surface area contributed by atoms with E-state index in [4.69, 9.17) is 0 Å². The fourth-order valence-electron chi connectivity index (χ4n) is 1.90. The largest absolute Gasteiger partial charge is 0.356 e. The van der Waals surface area contributed by atoms with Crippen LogP contribution in [0.4, 0.5) is 0 Å². The maximum Gasteiger partial charge on any atom is 0.191 e. The Morgan fingerprint density at radius 2 is 2.24 bits per heavy atom. The predicted molar refractivity (Wildman–Crippen MR) is 99.6 cm³/mol. The van der Waals surface area contributed by atoms with Crippen LogP contribution in [0, 0.1) is 6.92 Å². The molecule has 0 aliphatic rings. The van der Waals surface area contributed by atoms with Crippen LogP contribution in [0.2, 0.25) is 0 Å². The van der Waals surface area contributed by atoms with Gasteiger partial charge in [-0.25, -0.2) is 0 Å². The van der Waals surface area contributed by atoms with Crippen molar-refractivity contribution in [3.63, 3.8) is 0 Å². The van der Waals surface area contributed by atoms with Crippen LogP contribution in [0.3, 0.4) is 0 Å². The van der Waals surface area contributed by atoms with Gasteiger partial charge >= 0.3 is 0 Å². The lowest BCUT2D eigenvalue weighted by Crippen LogP contribution is -2.37. The first-order chi connectivity index (χ1) is 9.69. The number of rotatable bonds is 5. The van der Waals surface area contributed by atoms with Gasteiger partial charge in [-0.15, -0.1) is 35.3 Å². The third-order valence-corrected chi connectivity index (χ3v) is 4.10. The van der Waals surface area contributed by atoms with E-state index >= 15 is 0 Å². The highest BCUT2D eigenvalue weighted by Crippen LogP contribution is 2.14. The Morgan fingerprint density at radius 3 is 2.81 bits per heavy atom. The number of guanidine groups is 1. The normalized spacial score (nSPS) is 11.1. The van der Waals surface area contributed by atoms with Gasteiger partial charge in [-0.3, -0.25) is 9.67 Å². The molecule has 0 saturated carbocycles. The van der Waals surface area contributed by atoms with Crippen LogP contribution in [-0.4, -0.2) is 29.3 Å². The van der Waals surface area contributed by atoms with Crippen LogP contribution in [0.15, 0.2) is 28.8 Å². The highest BCUT2D eigenvalue weighted by atomic mass is 127. The Balaban J connectivity index is 0.00000220. The summed E-state index contributed by atoms with van der Waals surface area (Å²) < 4.78 is 1.82. The molecule has 0 spiro atoms. The molecule has 0 fully saturated rings. The van der Waals surface area contributed by atoms with Crippen molar-refractivity contribution in [2.24, 2.45) is 12.0 Å². The van der Waals surface area contributed by atoms with E-state index in [-0.39, 0.29) is 24.0 Å². The van der Waals surface area contributed by atoms with Crippen molar-refractivity contribution in [1.29, 1.82) is 0 Å². The van der Waals surface area contributed by atoms with Crippen molar-refractivity contribution in [3.05, 3.63) is 39.8 Å². The van der Waals surface area contributed by atoms with Crippen LogP contribution >= 0.6 is 35.3 Å². The van der Waals surface area contributed by atoms with Gasteiger partial charge in [0.15, 0.2) is 5.96 Å². The Hall–Kier alpha value is -1.09. The average Bonchev–Trinajstić information content (AvgIpc) is 3.03. The molecule has 0 atom stereocenters. The third-order valence-electron chi connectivity index (χ3n) is 3.07. The van der Waals surface area contributed by atoms with E-state index in [0.29, 0.717) is 0 Å². The number of aromatic nitrogens is 2. The van der Waals surface area contributed by atoms with Crippen LogP contribution in [0.1, 0.15) is 16.0 Å². The highest BCUT2D eigenvalue weighted by molar-refractivity contribution is 14.0. The zero-order valence-corrected chi connectivity index (χ0v) is 15.7. The number of halogens is 1. The van der Waals surface area contributed by atoms with E-state index < -0.39 is 0 Å². The summed E-state index contributed by atoms with van der Waals surface area (Å²) in [6, 6.07) is 2.14. The number of hydrogen-bond donors (Lipinski definition) is 2. The second-order valence-electron chi connectivity index (χ2n) is 4.65. The first-order valence-electron chi connectivity index (χ1n) is 6.64. The monoisotopic (exact) mass is 419 g/mol. The molecule has 0 radical (unpaired) electrons. The Bertz CT molecular complexity index is 575. The molecule has 7 heteroatoms. The molecule has 0 saturated heterocycles. The van der Waals surface area contributed by atoms with Crippen LogP contribution < -0.4 is 10.6 Å². The van der Waals surface area contributed by atoms with Gasteiger partial charge < -0.3 is 10.6 Å². The molecule has 0 amide bonds. The summed E-state index contributed by atoms with van der Waals surface area (Å²) in [5, 5.41) is 12.9. The van der Waals surface area contributed by atoms with Crippen molar-refractivity contribution in [2.75, 3.05) is 13.6 Å². The molecule has 0 aliphatic heterocycles. The fourth-order valence-corrected chi connectivity index (χ4v) is 2.74. The van der Waals surface area contributed by atoms with Gasteiger partial charge in [-0.1, -0.05) is 0 Å². The van der Waals surface area contributed by atoms with Gasteiger partial charge in [-0.2, -0.15) is 5.10 Å². The maximum atomic E-state index is 4.23. The minimum atomic E-state index is 0. The van der Waals surface area contributed by atoms with E-state index in [1.54, 1.807) is 18.4 Å². The molecule has 2 N–H and O–H groups in total. The van der Waals surface area contributed by atoms with E-state index in [1.165, 1.54) is 16.0 Å². The molecule has 0 bridgehead atoms. The molecular weight excluding hydrogens is 397 g/mol. The SMILES string of the molecule is CN=C(NCCc1cnn(C)c1)NCc1sccc1C.I. The zero-order chi connectivity index (χ0) is 14.4. The number of aryl methyl sites for hydroxylation is 2. The lowest BCUT2D eigenvalue weighted by molar-refractivity contribution is 0.765. The van der Waals surface area contributed by atoms with Gasteiger partial charge in [-0.05, 0) is 35.9 Å². The van der Waals surface area contributed by atoms with Crippen molar-refractivity contribution >= 4 is 41.3 Å². The van der Waals surface area contributed by atoms with Crippen molar-refractivity contribution in [2.45, 2.75) is 19.9 Å². The summed E-state index contributed by atoms with van der Waals surface area (Å²) >= 11 is 1.77. The minimum absolute atomic E-state index is 0. The minimum Gasteiger partial charge on any atom is -0.356 e. The van der Waals surface area contributed by atoms with Crippen LogP contribution in [0.25, 0.3) is 0 Å². The summed E-state index contributed by atoms with van der Waals surface area (Å²) in [7, 11) is 3.72. The zero-order valence-electron chi connectivity index (χ0n) is 12.6. The van der Waals surface area contributed by atoms with E-state index in [1.807, 2.05) is 24.1 Å². The highest BCUT2D eigenvalue weighted by Gasteiger charge is 2.02. The summed E-state index contributed by atoms with van der Waals surface area (Å²) in [5.41, 5.74) is 2.55. The quantitative estimate of drug-likeness (QED) is 0.445. The fraction of sp³-hybridized carbons (Fsp3) is 0.429. The van der Waals surface area contributed by atoms with Crippen LogP contribution in [0.5, 0.6) is 0 Å². The number of aliphatic imine (C=N–C) groups is 1. The first kappa shape index (κ1) is 18.0.